The highest BCUT2D eigenvalue weighted by Crippen LogP contribution is 2.42. The molecule has 0 unspecified atom stereocenters. The average Bonchev–Trinajstić information content (AvgIpc) is 2.48. The van der Waals surface area contributed by atoms with Crippen molar-refractivity contribution in [1.29, 1.82) is 0 Å². The van der Waals surface area contributed by atoms with Gasteiger partial charge in [0.05, 0.1) is 0 Å². The summed E-state index contributed by atoms with van der Waals surface area (Å²) in [5.41, 5.74) is 0. The predicted molar refractivity (Wildman–Crippen MR) is 82.1 cm³/mol. The first-order valence-corrected chi connectivity index (χ1v) is 8.94. The topological polar surface area (TPSA) is 20.2 Å². The summed E-state index contributed by atoms with van der Waals surface area (Å²) in [5.74, 6) is 3.71. The van der Waals surface area contributed by atoms with Crippen molar-refractivity contribution in [3.05, 3.63) is 0 Å². The Bertz CT molecular complexity index is 222. The molecule has 2 rings (SSSR count). The van der Waals surface area contributed by atoms with Crippen LogP contribution in [0.3, 0.4) is 0 Å². The molecule has 0 aromatic carbocycles. The molecule has 0 bridgehead atoms. The Hall–Kier alpha value is -0.0400. The van der Waals surface area contributed by atoms with Crippen LogP contribution in [-0.2, 0) is 0 Å². The molecule has 1 heteroatoms. The molecule has 0 heterocycles. The normalized spacial score (nSPS) is 36.3. The Morgan fingerprint density at radius 2 is 1.26 bits per heavy atom. The lowest BCUT2D eigenvalue weighted by molar-refractivity contribution is 0.115. The summed E-state index contributed by atoms with van der Waals surface area (Å²) in [6.07, 6.45) is 17.2. The maximum Gasteiger partial charge on any atom is 0.0459 e. The molecule has 0 radical (unpaired) electrons. The van der Waals surface area contributed by atoms with E-state index in [4.69, 9.17) is 0 Å². The SMILES string of the molecule is CCCCC[C@H]1CC[C@H](C2CCC(CO)CC2)CC1. The van der Waals surface area contributed by atoms with E-state index < -0.39 is 0 Å². The van der Waals surface area contributed by atoms with Gasteiger partial charge in [-0.25, -0.2) is 0 Å². The smallest absolute Gasteiger partial charge is 0.0459 e. The van der Waals surface area contributed by atoms with Crippen LogP contribution in [0.25, 0.3) is 0 Å². The van der Waals surface area contributed by atoms with Crippen molar-refractivity contribution < 1.29 is 5.11 Å². The van der Waals surface area contributed by atoms with Crippen molar-refractivity contribution in [3.8, 4) is 0 Å². The van der Waals surface area contributed by atoms with Gasteiger partial charge in [-0.2, -0.15) is 0 Å². The van der Waals surface area contributed by atoms with E-state index in [1.54, 1.807) is 0 Å². The molecule has 0 aromatic heterocycles. The van der Waals surface area contributed by atoms with Gasteiger partial charge in [0, 0.05) is 6.61 Å². The van der Waals surface area contributed by atoms with Crippen LogP contribution in [-0.4, -0.2) is 11.7 Å². The van der Waals surface area contributed by atoms with Crippen LogP contribution in [0, 0.1) is 23.7 Å². The van der Waals surface area contributed by atoms with Gasteiger partial charge in [-0.1, -0.05) is 45.4 Å². The first kappa shape index (κ1) is 15.4. The molecule has 0 saturated heterocycles. The summed E-state index contributed by atoms with van der Waals surface area (Å²) >= 11 is 0. The fourth-order valence-electron chi connectivity index (χ4n) is 4.47. The predicted octanol–water partition coefficient (Wildman–Crippen LogP) is 5.17. The van der Waals surface area contributed by atoms with E-state index in [0.717, 1.165) is 17.8 Å². The van der Waals surface area contributed by atoms with Crippen LogP contribution in [0.15, 0.2) is 0 Å². The van der Waals surface area contributed by atoms with Crippen molar-refractivity contribution in [2.45, 2.75) is 84.0 Å². The fraction of sp³-hybridized carbons (Fsp3) is 1.00. The molecule has 0 atom stereocenters. The van der Waals surface area contributed by atoms with Crippen LogP contribution in [0.2, 0.25) is 0 Å². The first-order valence-electron chi connectivity index (χ1n) is 8.94. The van der Waals surface area contributed by atoms with Gasteiger partial charge >= 0.3 is 0 Å². The lowest BCUT2D eigenvalue weighted by atomic mass is 9.69. The molecule has 1 nitrogen and oxygen atoms in total. The zero-order chi connectivity index (χ0) is 13.5. The number of aliphatic hydroxyl groups is 1. The van der Waals surface area contributed by atoms with Gasteiger partial charge in [-0.05, 0) is 62.2 Å². The van der Waals surface area contributed by atoms with Gasteiger partial charge < -0.3 is 5.11 Å². The standard InChI is InChI=1S/C18H34O/c1-2-3-4-5-15-6-10-17(11-7-15)18-12-8-16(14-19)9-13-18/h15-19H,2-14H2,1H3/t15-,16?,17-,18?. The summed E-state index contributed by atoms with van der Waals surface area (Å²) < 4.78 is 0. The third kappa shape index (κ3) is 4.77. The Kier molecular flexibility index (Phi) is 6.70. The van der Waals surface area contributed by atoms with Crippen molar-refractivity contribution in [2.75, 3.05) is 6.61 Å². The zero-order valence-electron chi connectivity index (χ0n) is 12.9. The molecule has 1 N–H and O–H groups in total. The van der Waals surface area contributed by atoms with Gasteiger partial charge in [0.25, 0.3) is 0 Å². The Labute approximate surface area is 120 Å². The van der Waals surface area contributed by atoms with Crippen LogP contribution in [0.4, 0.5) is 0 Å². The minimum absolute atomic E-state index is 0.427. The largest absolute Gasteiger partial charge is 0.396 e. The quantitative estimate of drug-likeness (QED) is 0.657. The fourth-order valence-corrected chi connectivity index (χ4v) is 4.47. The first-order chi connectivity index (χ1) is 9.33. The molecule has 2 aliphatic carbocycles. The van der Waals surface area contributed by atoms with Crippen LogP contribution in [0.1, 0.15) is 84.0 Å². The van der Waals surface area contributed by atoms with Gasteiger partial charge in [0.15, 0.2) is 0 Å². The van der Waals surface area contributed by atoms with Crippen molar-refractivity contribution >= 4 is 0 Å². The molecule has 0 aromatic rings. The maximum absolute atomic E-state index is 9.23. The van der Waals surface area contributed by atoms with E-state index >= 15 is 0 Å². The van der Waals surface area contributed by atoms with Gasteiger partial charge in [-0.15, -0.1) is 0 Å². The van der Waals surface area contributed by atoms with Crippen LogP contribution in [0.5, 0.6) is 0 Å². The number of hydrogen-bond donors (Lipinski definition) is 1. The summed E-state index contributed by atoms with van der Waals surface area (Å²) in [6, 6.07) is 0. The molecular formula is C18H34O. The van der Waals surface area contributed by atoms with Crippen molar-refractivity contribution in [1.82, 2.24) is 0 Å². The number of aliphatic hydroxyl groups excluding tert-OH is 1. The molecule has 19 heavy (non-hydrogen) atoms. The minimum atomic E-state index is 0.427. The van der Waals surface area contributed by atoms with E-state index in [1.165, 1.54) is 77.0 Å². The molecule has 0 amide bonds. The summed E-state index contributed by atoms with van der Waals surface area (Å²) in [7, 11) is 0. The van der Waals surface area contributed by atoms with E-state index in [-0.39, 0.29) is 0 Å². The molecular weight excluding hydrogens is 232 g/mol. The third-order valence-electron chi connectivity index (χ3n) is 5.92. The highest BCUT2D eigenvalue weighted by molar-refractivity contribution is 4.81. The molecule has 2 aliphatic rings. The molecule has 0 aliphatic heterocycles. The van der Waals surface area contributed by atoms with E-state index in [0.29, 0.717) is 12.5 Å². The Morgan fingerprint density at radius 1 is 0.737 bits per heavy atom. The summed E-state index contributed by atoms with van der Waals surface area (Å²) in [4.78, 5) is 0. The zero-order valence-corrected chi connectivity index (χ0v) is 12.9. The highest BCUT2D eigenvalue weighted by Gasteiger charge is 2.30. The molecule has 2 fully saturated rings. The second kappa shape index (κ2) is 8.29. The van der Waals surface area contributed by atoms with E-state index in [2.05, 4.69) is 6.92 Å². The monoisotopic (exact) mass is 266 g/mol. The van der Waals surface area contributed by atoms with Crippen molar-refractivity contribution in [3.63, 3.8) is 0 Å². The van der Waals surface area contributed by atoms with Crippen LogP contribution >= 0.6 is 0 Å². The third-order valence-corrected chi connectivity index (χ3v) is 5.92. The molecule has 0 spiro atoms. The lowest BCUT2D eigenvalue weighted by Crippen LogP contribution is -2.26. The molecule has 112 valence electrons. The Balaban J connectivity index is 1.63. The average molecular weight is 266 g/mol. The van der Waals surface area contributed by atoms with Gasteiger partial charge in [-0.3, -0.25) is 0 Å². The number of rotatable bonds is 6. The lowest BCUT2D eigenvalue weighted by Gasteiger charge is -2.37. The highest BCUT2D eigenvalue weighted by atomic mass is 16.3. The van der Waals surface area contributed by atoms with Gasteiger partial charge in [0.1, 0.15) is 0 Å². The second-order valence-corrected chi connectivity index (χ2v) is 7.24. The second-order valence-electron chi connectivity index (χ2n) is 7.24. The number of hydrogen-bond acceptors (Lipinski definition) is 1. The van der Waals surface area contributed by atoms with E-state index in [1.807, 2.05) is 0 Å². The number of unbranched alkanes of at least 4 members (excludes halogenated alkanes) is 2. The van der Waals surface area contributed by atoms with E-state index in [9.17, 15) is 5.11 Å². The summed E-state index contributed by atoms with van der Waals surface area (Å²) in [5, 5.41) is 9.23. The van der Waals surface area contributed by atoms with Gasteiger partial charge in [0.2, 0.25) is 0 Å². The molecule has 2 saturated carbocycles. The maximum atomic E-state index is 9.23. The summed E-state index contributed by atoms with van der Waals surface area (Å²) in [6.45, 7) is 2.73. The Morgan fingerprint density at radius 3 is 1.74 bits per heavy atom. The van der Waals surface area contributed by atoms with Crippen LogP contribution < -0.4 is 0 Å². The minimum Gasteiger partial charge on any atom is -0.396 e. The van der Waals surface area contributed by atoms with Crippen molar-refractivity contribution in [2.24, 2.45) is 23.7 Å².